The van der Waals surface area contributed by atoms with Gasteiger partial charge < -0.3 is 0 Å². The number of aromatic nitrogens is 3. The van der Waals surface area contributed by atoms with Crippen molar-refractivity contribution in [2.75, 3.05) is 0 Å². The van der Waals surface area contributed by atoms with Crippen molar-refractivity contribution in [3.05, 3.63) is 39.7 Å². The first-order valence-electron chi connectivity index (χ1n) is 4.00. The monoisotopic (exact) mass is 303 g/mol. The molecule has 3 nitrogen and oxygen atoms in total. The van der Waals surface area contributed by atoms with Gasteiger partial charge in [-0.05, 0) is 41.6 Å². The van der Waals surface area contributed by atoms with E-state index in [2.05, 4.69) is 32.7 Å². The molecule has 2 rings (SSSR count). The molecule has 5 heteroatoms. The number of pyridine rings is 1. The van der Waals surface area contributed by atoms with Crippen LogP contribution in [0.25, 0.3) is 5.69 Å². The van der Waals surface area contributed by atoms with Crippen molar-refractivity contribution in [2.24, 2.45) is 0 Å². The number of rotatable bonds is 1. The third kappa shape index (κ3) is 1.77. The summed E-state index contributed by atoms with van der Waals surface area (Å²) in [5.41, 5.74) is 1.43. The lowest BCUT2D eigenvalue weighted by molar-refractivity contribution is 0.578. The van der Waals surface area contributed by atoms with Gasteiger partial charge in [0.2, 0.25) is 5.95 Å². The van der Waals surface area contributed by atoms with Crippen molar-refractivity contribution in [3.8, 4) is 5.69 Å². The third-order valence-corrected chi connectivity index (χ3v) is 2.38. The van der Waals surface area contributed by atoms with E-state index in [1.807, 2.05) is 6.20 Å². The van der Waals surface area contributed by atoms with Gasteiger partial charge in [0.25, 0.3) is 0 Å². The molecule has 0 saturated heterocycles. The first-order valence-corrected chi connectivity index (χ1v) is 5.08. The van der Waals surface area contributed by atoms with Gasteiger partial charge in [-0.1, -0.05) is 0 Å². The Balaban J connectivity index is 2.52. The summed E-state index contributed by atoms with van der Waals surface area (Å²) in [5.74, 6) is -0.465. The molecule has 0 aliphatic carbocycles. The van der Waals surface area contributed by atoms with Crippen LogP contribution in [0.4, 0.5) is 4.39 Å². The lowest BCUT2D eigenvalue weighted by Crippen LogP contribution is -2.00. The minimum Gasteiger partial charge on any atom is -0.238 e. The minimum atomic E-state index is -0.465. The van der Waals surface area contributed by atoms with Crippen LogP contribution < -0.4 is 0 Å². The molecular formula is C9H7FIN3. The standard InChI is InChI=1S/C9H7FIN3/c1-6-8(2-3-9(10)13-6)14-5-7(11)4-12-14/h2-5H,1H3. The Labute approximate surface area is 94.1 Å². The number of nitrogens with zero attached hydrogens (tertiary/aromatic N) is 3. The Kier molecular flexibility index (Phi) is 2.49. The smallest absolute Gasteiger partial charge is 0.213 e. The van der Waals surface area contributed by atoms with E-state index in [0.29, 0.717) is 5.69 Å². The molecule has 0 N–H and O–H groups in total. The predicted molar refractivity (Wildman–Crippen MR) is 58.8 cm³/mol. The molecule has 0 aromatic carbocycles. The number of hydrogen-bond acceptors (Lipinski definition) is 2. The summed E-state index contributed by atoms with van der Waals surface area (Å²) >= 11 is 2.17. The van der Waals surface area contributed by atoms with E-state index in [-0.39, 0.29) is 0 Å². The third-order valence-electron chi connectivity index (χ3n) is 1.82. The molecule has 2 aromatic heterocycles. The first-order chi connectivity index (χ1) is 6.66. The van der Waals surface area contributed by atoms with Gasteiger partial charge in [-0.2, -0.15) is 9.49 Å². The summed E-state index contributed by atoms with van der Waals surface area (Å²) in [6.07, 6.45) is 3.60. The highest BCUT2D eigenvalue weighted by molar-refractivity contribution is 14.1. The molecular weight excluding hydrogens is 296 g/mol. The second-order valence-corrected chi connectivity index (χ2v) is 4.09. The number of aryl methyl sites for hydroxylation is 1. The maximum absolute atomic E-state index is 12.7. The molecule has 0 saturated carbocycles. The second kappa shape index (κ2) is 3.64. The Morgan fingerprint density at radius 3 is 2.79 bits per heavy atom. The summed E-state index contributed by atoms with van der Waals surface area (Å²) in [6.45, 7) is 1.76. The molecule has 0 unspecified atom stereocenters. The molecule has 0 radical (unpaired) electrons. The molecule has 0 aliphatic heterocycles. The van der Waals surface area contributed by atoms with E-state index in [0.717, 1.165) is 9.26 Å². The van der Waals surface area contributed by atoms with Gasteiger partial charge in [0.05, 0.1) is 21.1 Å². The summed E-state index contributed by atoms with van der Waals surface area (Å²) in [7, 11) is 0. The van der Waals surface area contributed by atoms with E-state index in [4.69, 9.17) is 0 Å². The lowest BCUT2D eigenvalue weighted by atomic mass is 10.3. The van der Waals surface area contributed by atoms with Crippen LogP contribution in [0.1, 0.15) is 5.69 Å². The quantitative estimate of drug-likeness (QED) is 0.598. The molecule has 0 aliphatic rings. The van der Waals surface area contributed by atoms with Crippen molar-refractivity contribution < 1.29 is 4.39 Å². The van der Waals surface area contributed by atoms with E-state index >= 15 is 0 Å². The molecule has 2 aromatic rings. The van der Waals surface area contributed by atoms with Crippen LogP contribution in [0, 0.1) is 16.4 Å². The maximum Gasteiger partial charge on any atom is 0.213 e. The fourth-order valence-electron chi connectivity index (χ4n) is 1.20. The van der Waals surface area contributed by atoms with Gasteiger partial charge in [0, 0.05) is 6.20 Å². The van der Waals surface area contributed by atoms with E-state index in [9.17, 15) is 4.39 Å². The first kappa shape index (κ1) is 9.57. The van der Waals surface area contributed by atoms with Crippen molar-refractivity contribution in [1.29, 1.82) is 0 Å². The summed E-state index contributed by atoms with van der Waals surface area (Å²) in [5, 5.41) is 4.12. The Hall–Kier alpha value is -0.980. The molecule has 0 fully saturated rings. The highest BCUT2D eigenvalue weighted by atomic mass is 127. The summed E-state index contributed by atoms with van der Waals surface area (Å²) in [4.78, 5) is 3.73. The Morgan fingerprint density at radius 1 is 1.43 bits per heavy atom. The van der Waals surface area contributed by atoms with Gasteiger partial charge in [-0.15, -0.1) is 0 Å². The normalized spacial score (nSPS) is 10.5. The summed E-state index contributed by atoms with van der Waals surface area (Å²) in [6, 6.07) is 3.00. The zero-order valence-corrected chi connectivity index (χ0v) is 9.56. The SMILES string of the molecule is Cc1nc(F)ccc1-n1cc(I)cn1. The molecule has 0 spiro atoms. The van der Waals surface area contributed by atoms with Crippen LogP contribution in [0.3, 0.4) is 0 Å². The molecule has 72 valence electrons. The van der Waals surface area contributed by atoms with Crippen molar-refractivity contribution >= 4 is 22.6 Å². The van der Waals surface area contributed by atoms with Crippen LogP contribution in [-0.4, -0.2) is 14.8 Å². The summed E-state index contributed by atoms with van der Waals surface area (Å²) < 4.78 is 15.4. The largest absolute Gasteiger partial charge is 0.238 e. The van der Waals surface area contributed by atoms with Gasteiger partial charge >= 0.3 is 0 Å². The molecule has 0 amide bonds. The average Bonchev–Trinajstić information content (AvgIpc) is 2.51. The Morgan fingerprint density at radius 2 is 2.21 bits per heavy atom. The Bertz CT molecular complexity index is 467. The van der Waals surface area contributed by atoms with Gasteiger partial charge in [0.15, 0.2) is 0 Å². The van der Waals surface area contributed by atoms with E-state index < -0.39 is 5.95 Å². The van der Waals surface area contributed by atoms with Gasteiger partial charge in [0.1, 0.15) is 0 Å². The lowest BCUT2D eigenvalue weighted by Gasteiger charge is -2.03. The number of halogens is 2. The van der Waals surface area contributed by atoms with Crippen LogP contribution in [0.15, 0.2) is 24.5 Å². The highest BCUT2D eigenvalue weighted by Crippen LogP contribution is 2.13. The fourth-order valence-corrected chi connectivity index (χ4v) is 1.59. The van der Waals surface area contributed by atoms with Crippen molar-refractivity contribution in [1.82, 2.24) is 14.8 Å². The molecule has 2 heterocycles. The highest BCUT2D eigenvalue weighted by Gasteiger charge is 2.04. The second-order valence-electron chi connectivity index (χ2n) is 2.84. The number of hydrogen-bond donors (Lipinski definition) is 0. The molecule has 14 heavy (non-hydrogen) atoms. The van der Waals surface area contributed by atoms with E-state index in [1.165, 1.54) is 6.07 Å². The van der Waals surface area contributed by atoms with Gasteiger partial charge in [-0.3, -0.25) is 0 Å². The minimum absolute atomic E-state index is 0.465. The zero-order valence-electron chi connectivity index (χ0n) is 7.41. The molecule has 0 bridgehead atoms. The molecule has 0 atom stereocenters. The van der Waals surface area contributed by atoms with Crippen molar-refractivity contribution in [3.63, 3.8) is 0 Å². The van der Waals surface area contributed by atoms with Crippen LogP contribution in [0.2, 0.25) is 0 Å². The van der Waals surface area contributed by atoms with E-state index in [1.54, 1.807) is 23.9 Å². The van der Waals surface area contributed by atoms with Crippen LogP contribution in [-0.2, 0) is 0 Å². The topological polar surface area (TPSA) is 30.7 Å². The maximum atomic E-state index is 12.7. The predicted octanol–water partition coefficient (Wildman–Crippen LogP) is 2.32. The van der Waals surface area contributed by atoms with Crippen LogP contribution >= 0.6 is 22.6 Å². The zero-order chi connectivity index (χ0) is 10.1. The van der Waals surface area contributed by atoms with Crippen LogP contribution in [0.5, 0.6) is 0 Å². The fraction of sp³-hybridized carbons (Fsp3) is 0.111. The average molecular weight is 303 g/mol. The van der Waals surface area contributed by atoms with Gasteiger partial charge in [-0.25, -0.2) is 9.67 Å². The van der Waals surface area contributed by atoms with Crippen molar-refractivity contribution in [2.45, 2.75) is 6.92 Å².